The molecule has 0 rings (SSSR count). The van der Waals surface area contributed by atoms with Gasteiger partial charge in [-0.25, -0.2) is 4.79 Å². The Kier molecular flexibility index (Phi) is 7.30. The van der Waals surface area contributed by atoms with Crippen LogP contribution in [0, 0.1) is 0 Å². The quantitative estimate of drug-likeness (QED) is 0.663. The lowest BCUT2D eigenvalue weighted by Crippen LogP contribution is -2.36. The summed E-state index contributed by atoms with van der Waals surface area (Å²) >= 11 is 0. The van der Waals surface area contributed by atoms with Gasteiger partial charge in [0.05, 0.1) is 0 Å². The van der Waals surface area contributed by atoms with Gasteiger partial charge in [-0.1, -0.05) is 13.6 Å². The standard InChI is InChI=1S/C10H23B2NO3/c1-8(11-4)15-7-6-10(2,3)16-9(14)13-12-5/h8,11-12H,6-7H2,1-5H3,(H,13,14). The number of nitrogens with one attached hydrogen (secondary N) is 1. The van der Waals surface area contributed by atoms with Gasteiger partial charge < -0.3 is 14.7 Å². The summed E-state index contributed by atoms with van der Waals surface area (Å²) in [6.45, 7) is 10.4. The molecule has 0 aliphatic heterocycles. The second-order valence-corrected chi connectivity index (χ2v) is 4.52. The Morgan fingerprint density at radius 2 is 2.06 bits per heavy atom. The Labute approximate surface area is 100.0 Å². The van der Waals surface area contributed by atoms with Crippen LogP contribution in [0.25, 0.3) is 0 Å². The summed E-state index contributed by atoms with van der Waals surface area (Å²) < 4.78 is 10.8. The maximum atomic E-state index is 11.2. The molecule has 0 saturated carbocycles. The van der Waals surface area contributed by atoms with Gasteiger partial charge in [0.25, 0.3) is 0 Å². The van der Waals surface area contributed by atoms with Gasteiger partial charge in [-0.2, -0.15) is 0 Å². The first-order valence-corrected chi connectivity index (χ1v) is 5.99. The Bertz CT molecular complexity index is 212. The number of ether oxygens (including phenoxy) is 2. The van der Waals surface area contributed by atoms with Crippen LogP contribution >= 0.6 is 0 Å². The summed E-state index contributed by atoms with van der Waals surface area (Å²) in [6, 6.07) is 0.264. The van der Waals surface area contributed by atoms with Crippen LogP contribution in [0.1, 0.15) is 27.2 Å². The van der Waals surface area contributed by atoms with Crippen LogP contribution in [-0.4, -0.2) is 39.0 Å². The zero-order valence-corrected chi connectivity index (χ0v) is 11.1. The van der Waals surface area contributed by atoms with Crippen LogP contribution < -0.4 is 5.23 Å². The molecule has 1 unspecified atom stereocenters. The predicted octanol–water partition coefficient (Wildman–Crippen LogP) is 1.13. The third kappa shape index (κ3) is 7.63. The van der Waals surface area contributed by atoms with Crippen molar-refractivity contribution < 1.29 is 14.3 Å². The van der Waals surface area contributed by atoms with Gasteiger partial charge in [-0.3, -0.25) is 0 Å². The van der Waals surface area contributed by atoms with Crippen LogP contribution in [-0.2, 0) is 9.47 Å². The predicted molar refractivity (Wildman–Crippen MR) is 69.8 cm³/mol. The molecule has 92 valence electrons. The number of hydrogen-bond acceptors (Lipinski definition) is 3. The average Bonchev–Trinajstić information content (AvgIpc) is 2.16. The number of amides is 1. The van der Waals surface area contributed by atoms with Gasteiger partial charge in [0, 0.05) is 19.0 Å². The third-order valence-corrected chi connectivity index (χ3v) is 2.37. The normalized spacial score (nSPS) is 12.8. The molecule has 0 aliphatic rings. The summed E-state index contributed by atoms with van der Waals surface area (Å²) in [4.78, 5) is 11.2. The molecule has 0 aromatic carbocycles. The fourth-order valence-electron chi connectivity index (χ4n) is 1.11. The molecule has 1 amide bonds. The fraction of sp³-hybridized carbons (Fsp3) is 0.900. The molecule has 0 radical (unpaired) electrons. The van der Waals surface area contributed by atoms with E-state index in [9.17, 15) is 4.79 Å². The van der Waals surface area contributed by atoms with E-state index in [4.69, 9.17) is 9.47 Å². The fourth-order valence-corrected chi connectivity index (χ4v) is 1.11. The van der Waals surface area contributed by atoms with Crippen molar-refractivity contribution in [2.45, 2.75) is 52.4 Å². The molecule has 0 aromatic rings. The smallest absolute Gasteiger partial charge is 0.395 e. The van der Waals surface area contributed by atoms with Crippen molar-refractivity contribution in [2.75, 3.05) is 6.61 Å². The van der Waals surface area contributed by atoms with Crippen LogP contribution in [0.4, 0.5) is 4.79 Å². The zero-order chi connectivity index (χ0) is 12.6. The van der Waals surface area contributed by atoms with Crippen molar-refractivity contribution in [1.82, 2.24) is 5.23 Å². The first-order valence-electron chi connectivity index (χ1n) is 5.99. The summed E-state index contributed by atoms with van der Waals surface area (Å²) in [7, 11) is 1.58. The zero-order valence-electron chi connectivity index (χ0n) is 11.1. The molecule has 0 heterocycles. The Morgan fingerprint density at radius 1 is 1.44 bits per heavy atom. The Hall–Kier alpha value is -0.640. The largest absolute Gasteiger partial charge is 0.444 e. The van der Waals surface area contributed by atoms with E-state index in [0.717, 1.165) is 7.28 Å². The van der Waals surface area contributed by atoms with Crippen LogP contribution in [0.3, 0.4) is 0 Å². The summed E-state index contributed by atoms with van der Waals surface area (Å²) in [5.41, 5.74) is -0.479. The van der Waals surface area contributed by atoms with Crippen LogP contribution in [0.15, 0.2) is 0 Å². The SMILES string of the molecule is CBNC(=O)OC(C)(C)CCOC(C)BC. The Morgan fingerprint density at radius 3 is 2.56 bits per heavy atom. The number of carbonyl (C=O) groups is 1. The van der Waals surface area contributed by atoms with Gasteiger partial charge >= 0.3 is 6.09 Å². The van der Waals surface area contributed by atoms with E-state index in [1.165, 1.54) is 0 Å². The van der Waals surface area contributed by atoms with Crippen molar-refractivity contribution >= 4 is 20.8 Å². The first-order chi connectivity index (χ1) is 7.41. The van der Waals surface area contributed by atoms with Gasteiger partial charge in [-0.05, 0) is 20.8 Å². The van der Waals surface area contributed by atoms with Crippen molar-refractivity contribution in [3.8, 4) is 0 Å². The summed E-state index contributed by atoms with van der Waals surface area (Å²) in [5.74, 6) is 0. The lowest BCUT2D eigenvalue weighted by molar-refractivity contribution is 0.00636. The highest BCUT2D eigenvalue weighted by Gasteiger charge is 2.22. The maximum absolute atomic E-state index is 11.2. The van der Waals surface area contributed by atoms with E-state index in [2.05, 4.69) is 12.1 Å². The average molecular weight is 227 g/mol. The highest BCUT2D eigenvalue weighted by Crippen LogP contribution is 2.14. The molecule has 4 nitrogen and oxygen atoms in total. The van der Waals surface area contributed by atoms with Gasteiger partial charge in [0.2, 0.25) is 7.41 Å². The molecule has 0 fully saturated rings. The van der Waals surface area contributed by atoms with Crippen molar-refractivity contribution in [3.05, 3.63) is 0 Å². The molecule has 0 aromatic heterocycles. The lowest BCUT2D eigenvalue weighted by Gasteiger charge is -2.25. The molecule has 1 N–H and O–H groups in total. The summed E-state index contributed by atoms with van der Waals surface area (Å²) in [5, 5.41) is 2.61. The van der Waals surface area contributed by atoms with E-state index < -0.39 is 5.60 Å². The molecule has 0 spiro atoms. The van der Waals surface area contributed by atoms with E-state index in [0.29, 0.717) is 20.4 Å². The molecule has 6 heteroatoms. The second-order valence-electron chi connectivity index (χ2n) is 4.52. The molecule has 1 atom stereocenters. The van der Waals surface area contributed by atoms with Crippen molar-refractivity contribution in [2.24, 2.45) is 0 Å². The Balaban J connectivity index is 3.81. The van der Waals surface area contributed by atoms with Gasteiger partial charge in [0.1, 0.15) is 5.60 Å². The van der Waals surface area contributed by atoms with Crippen LogP contribution in [0.2, 0.25) is 13.6 Å². The lowest BCUT2D eigenvalue weighted by atomic mass is 9.76. The molecule has 0 bridgehead atoms. The van der Waals surface area contributed by atoms with Crippen molar-refractivity contribution in [3.63, 3.8) is 0 Å². The summed E-state index contributed by atoms with van der Waals surface area (Å²) in [6.07, 6.45) is 0.338. The minimum Gasteiger partial charge on any atom is -0.444 e. The van der Waals surface area contributed by atoms with E-state index in [1.807, 2.05) is 27.6 Å². The topological polar surface area (TPSA) is 47.6 Å². The van der Waals surface area contributed by atoms with E-state index in [-0.39, 0.29) is 12.1 Å². The number of hydrogen-bond donors (Lipinski definition) is 1. The molecular formula is C10H23B2NO3. The third-order valence-electron chi connectivity index (χ3n) is 2.37. The second kappa shape index (κ2) is 7.60. The number of rotatable bonds is 7. The van der Waals surface area contributed by atoms with Gasteiger partial charge in [-0.15, -0.1) is 0 Å². The van der Waals surface area contributed by atoms with Gasteiger partial charge in [0.15, 0.2) is 7.28 Å². The monoisotopic (exact) mass is 227 g/mol. The van der Waals surface area contributed by atoms with Crippen LogP contribution in [0.5, 0.6) is 0 Å². The minimum absolute atomic E-state index is 0.264. The molecule has 16 heavy (non-hydrogen) atoms. The maximum Gasteiger partial charge on any atom is 0.395 e. The highest BCUT2D eigenvalue weighted by atomic mass is 16.6. The molecule has 0 saturated heterocycles. The first kappa shape index (κ1) is 15.4. The van der Waals surface area contributed by atoms with E-state index >= 15 is 0 Å². The molecule has 0 aliphatic carbocycles. The minimum atomic E-state index is -0.479. The van der Waals surface area contributed by atoms with Crippen molar-refractivity contribution in [1.29, 1.82) is 0 Å². The highest BCUT2D eigenvalue weighted by molar-refractivity contribution is 6.35. The molecular weight excluding hydrogens is 204 g/mol. The van der Waals surface area contributed by atoms with E-state index in [1.54, 1.807) is 0 Å². The number of carbonyl (C=O) groups excluding carboxylic acids is 1.